The molecule has 0 aromatic heterocycles. The van der Waals surface area contributed by atoms with Crippen LogP contribution in [0.25, 0.3) is 0 Å². The first-order valence-electron chi connectivity index (χ1n) is 7.62. The molecule has 0 saturated carbocycles. The molecule has 2 unspecified atom stereocenters. The third-order valence-electron chi connectivity index (χ3n) is 4.37. The highest BCUT2D eigenvalue weighted by molar-refractivity contribution is 6.30. The number of rotatable bonds is 2. The summed E-state index contributed by atoms with van der Waals surface area (Å²) in [6.07, 6.45) is 0.712. The first-order valence-corrected chi connectivity index (χ1v) is 8.00. The summed E-state index contributed by atoms with van der Waals surface area (Å²) >= 11 is 5.98. The summed E-state index contributed by atoms with van der Waals surface area (Å²) in [6.45, 7) is 2.01. The van der Waals surface area contributed by atoms with Crippen LogP contribution in [0.15, 0.2) is 47.6 Å². The fourth-order valence-electron chi connectivity index (χ4n) is 3.24. The van der Waals surface area contributed by atoms with E-state index in [1.807, 2.05) is 48.3 Å². The van der Waals surface area contributed by atoms with Gasteiger partial charge in [0, 0.05) is 17.0 Å². The molecule has 0 N–H and O–H groups in total. The van der Waals surface area contributed by atoms with E-state index in [2.05, 4.69) is 6.07 Å². The highest BCUT2D eigenvalue weighted by atomic mass is 35.5. The van der Waals surface area contributed by atoms with Crippen LogP contribution in [-0.4, -0.2) is 24.1 Å². The Balaban J connectivity index is 1.72. The minimum atomic E-state index is -0.131. The third kappa shape index (κ3) is 2.34. The van der Waals surface area contributed by atoms with Gasteiger partial charge in [-0.2, -0.15) is 5.10 Å². The summed E-state index contributed by atoms with van der Waals surface area (Å²) in [5.41, 5.74) is 3.27. The molecule has 2 aromatic rings. The number of fused-ring (bicyclic) bond motifs is 3. The van der Waals surface area contributed by atoms with Crippen LogP contribution in [0.4, 0.5) is 0 Å². The molecule has 0 aliphatic carbocycles. The zero-order valence-electron chi connectivity index (χ0n) is 13.0. The number of para-hydroxylation sites is 1. The lowest BCUT2D eigenvalue weighted by Crippen LogP contribution is -2.38. The van der Waals surface area contributed by atoms with Crippen molar-refractivity contribution in [2.24, 2.45) is 5.10 Å². The summed E-state index contributed by atoms with van der Waals surface area (Å²) in [7, 11) is 1.67. The van der Waals surface area contributed by atoms with E-state index in [9.17, 15) is 0 Å². The molecule has 0 spiro atoms. The Hall–Kier alpha value is -2.20. The van der Waals surface area contributed by atoms with E-state index in [1.165, 1.54) is 0 Å². The van der Waals surface area contributed by atoms with E-state index in [4.69, 9.17) is 26.2 Å². The Kier molecular flexibility index (Phi) is 3.42. The van der Waals surface area contributed by atoms with Gasteiger partial charge in [-0.05, 0) is 30.7 Å². The maximum atomic E-state index is 6.04. The van der Waals surface area contributed by atoms with E-state index in [0.717, 1.165) is 39.8 Å². The number of hydrazone groups is 1. The summed E-state index contributed by atoms with van der Waals surface area (Å²) in [6, 6.07) is 14.0. The van der Waals surface area contributed by atoms with Crippen LogP contribution in [0, 0.1) is 0 Å². The van der Waals surface area contributed by atoms with E-state index < -0.39 is 0 Å². The second-order valence-electron chi connectivity index (χ2n) is 5.75. The zero-order chi connectivity index (χ0) is 16.0. The van der Waals surface area contributed by atoms with Gasteiger partial charge >= 0.3 is 0 Å². The van der Waals surface area contributed by atoms with Gasteiger partial charge in [0.05, 0.1) is 18.9 Å². The molecule has 0 amide bonds. The molecule has 4 rings (SSSR count). The molecule has 0 fully saturated rings. The molecule has 118 valence electrons. The number of ether oxygens (including phenoxy) is 2. The first-order chi connectivity index (χ1) is 11.2. The van der Waals surface area contributed by atoms with Crippen molar-refractivity contribution in [2.75, 3.05) is 7.11 Å². The van der Waals surface area contributed by atoms with E-state index in [0.29, 0.717) is 0 Å². The van der Waals surface area contributed by atoms with Gasteiger partial charge in [0.15, 0.2) is 17.7 Å². The molecule has 4 nitrogen and oxygen atoms in total. The molecule has 2 aliphatic rings. The Morgan fingerprint density at radius 2 is 2.00 bits per heavy atom. The third-order valence-corrected chi connectivity index (χ3v) is 4.62. The van der Waals surface area contributed by atoms with Crippen molar-refractivity contribution >= 4 is 17.3 Å². The molecule has 0 bridgehead atoms. The smallest absolute Gasteiger partial charge is 0.185 e. The average molecular weight is 329 g/mol. The van der Waals surface area contributed by atoms with Crippen LogP contribution in [0.3, 0.4) is 0 Å². The van der Waals surface area contributed by atoms with Crippen LogP contribution < -0.4 is 9.47 Å². The minimum Gasteiger partial charge on any atom is -0.493 e. The van der Waals surface area contributed by atoms with Gasteiger partial charge in [0.2, 0.25) is 0 Å². The number of hydrogen-bond acceptors (Lipinski definition) is 4. The highest BCUT2D eigenvalue weighted by Crippen LogP contribution is 2.46. The largest absolute Gasteiger partial charge is 0.493 e. The van der Waals surface area contributed by atoms with Crippen LogP contribution >= 0.6 is 11.6 Å². The maximum Gasteiger partial charge on any atom is 0.185 e. The minimum absolute atomic E-state index is 0.131. The van der Waals surface area contributed by atoms with Crippen LogP contribution in [0.5, 0.6) is 11.5 Å². The van der Waals surface area contributed by atoms with Gasteiger partial charge in [0.1, 0.15) is 0 Å². The van der Waals surface area contributed by atoms with Crippen molar-refractivity contribution in [2.45, 2.75) is 25.6 Å². The maximum absolute atomic E-state index is 6.04. The Morgan fingerprint density at radius 3 is 2.74 bits per heavy atom. The Labute approximate surface area is 140 Å². The molecule has 0 radical (unpaired) electrons. The second-order valence-corrected chi connectivity index (χ2v) is 6.19. The van der Waals surface area contributed by atoms with Gasteiger partial charge < -0.3 is 9.47 Å². The average Bonchev–Trinajstić information content (AvgIpc) is 3.01. The number of methoxy groups -OCH3 is 1. The molecule has 2 heterocycles. The number of halogens is 1. The van der Waals surface area contributed by atoms with Gasteiger partial charge in [-0.15, -0.1) is 0 Å². The quantitative estimate of drug-likeness (QED) is 0.827. The topological polar surface area (TPSA) is 34.1 Å². The van der Waals surface area contributed by atoms with Gasteiger partial charge in [0.25, 0.3) is 0 Å². The monoisotopic (exact) mass is 328 g/mol. The van der Waals surface area contributed by atoms with E-state index >= 15 is 0 Å². The van der Waals surface area contributed by atoms with Crippen molar-refractivity contribution in [1.29, 1.82) is 0 Å². The van der Waals surface area contributed by atoms with Crippen molar-refractivity contribution in [3.8, 4) is 11.5 Å². The Bertz CT molecular complexity index is 773. The summed E-state index contributed by atoms with van der Waals surface area (Å²) < 4.78 is 11.5. The SMILES string of the molecule is COc1cccc2c1OC(C)N1N=C(c3ccc(Cl)cc3)CC21. The van der Waals surface area contributed by atoms with Crippen molar-refractivity contribution < 1.29 is 9.47 Å². The number of hydrogen-bond donors (Lipinski definition) is 0. The van der Waals surface area contributed by atoms with Gasteiger partial charge in [-0.25, -0.2) is 0 Å². The number of nitrogens with zero attached hydrogens (tertiary/aromatic N) is 2. The van der Waals surface area contributed by atoms with E-state index in [1.54, 1.807) is 7.11 Å². The van der Waals surface area contributed by atoms with Gasteiger partial charge in [-0.3, -0.25) is 5.01 Å². The molecule has 2 atom stereocenters. The highest BCUT2D eigenvalue weighted by Gasteiger charge is 2.39. The summed E-state index contributed by atoms with van der Waals surface area (Å²) in [5.74, 6) is 1.60. The molecular weight excluding hydrogens is 312 g/mol. The van der Waals surface area contributed by atoms with Gasteiger partial charge in [-0.1, -0.05) is 35.9 Å². The van der Waals surface area contributed by atoms with Crippen molar-refractivity contribution in [1.82, 2.24) is 5.01 Å². The molecule has 0 saturated heterocycles. The van der Waals surface area contributed by atoms with Crippen LogP contribution in [-0.2, 0) is 0 Å². The summed E-state index contributed by atoms with van der Waals surface area (Å²) in [5, 5.41) is 7.55. The number of benzene rings is 2. The lowest BCUT2D eigenvalue weighted by molar-refractivity contribution is -0.00535. The normalized spacial score (nSPS) is 22.0. The lowest BCUT2D eigenvalue weighted by Gasteiger charge is -2.36. The summed E-state index contributed by atoms with van der Waals surface area (Å²) in [4.78, 5) is 0. The molecule has 2 aromatic carbocycles. The predicted molar refractivity (Wildman–Crippen MR) is 90.3 cm³/mol. The molecule has 2 aliphatic heterocycles. The fourth-order valence-corrected chi connectivity index (χ4v) is 3.36. The molecular formula is C18H17ClN2O2. The van der Waals surface area contributed by atoms with Crippen LogP contribution in [0.1, 0.15) is 30.5 Å². The standard InChI is InChI=1S/C18H17ClN2O2/c1-11-21-16(14-4-3-5-17(22-2)18(14)23-11)10-15(20-21)12-6-8-13(19)9-7-12/h3-9,11,16H,10H2,1-2H3. The lowest BCUT2D eigenvalue weighted by atomic mass is 9.96. The molecule has 5 heteroatoms. The molecule has 23 heavy (non-hydrogen) atoms. The first kappa shape index (κ1) is 14.4. The zero-order valence-corrected chi connectivity index (χ0v) is 13.7. The van der Waals surface area contributed by atoms with E-state index in [-0.39, 0.29) is 12.3 Å². The van der Waals surface area contributed by atoms with Crippen molar-refractivity contribution in [3.63, 3.8) is 0 Å². The van der Waals surface area contributed by atoms with Crippen LogP contribution in [0.2, 0.25) is 5.02 Å². The van der Waals surface area contributed by atoms with Crippen molar-refractivity contribution in [3.05, 3.63) is 58.6 Å². The fraction of sp³-hybridized carbons (Fsp3) is 0.278. The predicted octanol–water partition coefficient (Wildman–Crippen LogP) is 4.24. The second kappa shape index (κ2) is 5.46. The Morgan fingerprint density at radius 1 is 1.22 bits per heavy atom.